The quantitative estimate of drug-likeness (QED) is 0.604. The van der Waals surface area contributed by atoms with E-state index < -0.39 is 9.84 Å². The molecular weight excluding hydrogens is 226 g/mol. The molecule has 0 unspecified atom stereocenters. The van der Waals surface area contributed by atoms with Gasteiger partial charge in [-0.1, -0.05) is 0 Å². The summed E-state index contributed by atoms with van der Waals surface area (Å²) in [6.07, 6.45) is 2.54. The molecule has 14 heavy (non-hydrogen) atoms. The highest BCUT2D eigenvalue weighted by Gasteiger charge is 2.08. The van der Waals surface area contributed by atoms with Crippen molar-refractivity contribution in [2.75, 3.05) is 24.7 Å². The fourth-order valence-corrected chi connectivity index (χ4v) is 2.49. The van der Waals surface area contributed by atoms with Crippen LogP contribution in [0.15, 0.2) is 0 Å². The first-order valence-electron chi connectivity index (χ1n) is 4.64. The Morgan fingerprint density at radius 3 is 1.93 bits per heavy atom. The van der Waals surface area contributed by atoms with Gasteiger partial charge < -0.3 is 10.8 Å². The number of hydrogen-bond donors (Lipinski definition) is 2. The molecule has 0 aromatic heterocycles. The van der Waals surface area contributed by atoms with Crippen LogP contribution in [0.5, 0.6) is 0 Å². The number of hydrogen-bond acceptors (Lipinski definition) is 4. The average molecular weight is 246 g/mol. The Morgan fingerprint density at radius 1 is 1.00 bits per heavy atom. The molecule has 6 heteroatoms. The zero-order valence-electron chi connectivity index (χ0n) is 8.31. The minimum atomic E-state index is -2.89. The molecule has 0 aliphatic heterocycles. The highest BCUT2D eigenvalue weighted by molar-refractivity contribution is 7.91. The Labute approximate surface area is 92.2 Å². The van der Waals surface area contributed by atoms with E-state index >= 15 is 0 Å². The van der Waals surface area contributed by atoms with Gasteiger partial charge in [0.25, 0.3) is 0 Å². The molecule has 0 amide bonds. The normalized spacial score (nSPS) is 11.0. The highest BCUT2D eigenvalue weighted by Crippen LogP contribution is 2.00. The molecule has 3 N–H and O–H groups in total. The molecule has 0 spiro atoms. The van der Waals surface area contributed by atoms with Gasteiger partial charge in [0.1, 0.15) is 9.84 Å². The minimum absolute atomic E-state index is 0. The van der Waals surface area contributed by atoms with Crippen molar-refractivity contribution in [2.45, 2.75) is 25.7 Å². The third-order valence-corrected chi connectivity index (χ3v) is 3.59. The van der Waals surface area contributed by atoms with E-state index in [1.165, 1.54) is 0 Å². The topological polar surface area (TPSA) is 80.4 Å². The Balaban J connectivity index is 0. The Kier molecular flexibility index (Phi) is 11.5. The summed E-state index contributed by atoms with van der Waals surface area (Å²) in [5, 5.41) is 8.47. The van der Waals surface area contributed by atoms with E-state index in [4.69, 9.17) is 10.8 Å². The van der Waals surface area contributed by atoms with E-state index in [2.05, 4.69) is 0 Å². The second kappa shape index (κ2) is 9.71. The number of aliphatic hydroxyl groups excluding tert-OH is 1. The van der Waals surface area contributed by atoms with Crippen LogP contribution in [0.4, 0.5) is 0 Å². The molecule has 88 valence electrons. The number of sulfone groups is 1. The van der Waals surface area contributed by atoms with Crippen LogP contribution < -0.4 is 5.73 Å². The van der Waals surface area contributed by atoms with Gasteiger partial charge >= 0.3 is 0 Å². The first-order valence-corrected chi connectivity index (χ1v) is 6.46. The minimum Gasteiger partial charge on any atom is -0.396 e. The molecular formula is C8H20ClNO3S. The van der Waals surface area contributed by atoms with Gasteiger partial charge in [-0.05, 0) is 32.2 Å². The van der Waals surface area contributed by atoms with Crippen LogP contribution in [0.1, 0.15) is 25.7 Å². The van der Waals surface area contributed by atoms with E-state index in [0.717, 1.165) is 6.42 Å². The summed E-state index contributed by atoms with van der Waals surface area (Å²) < 4.78 is 22.5. The monoisotopic (exact) mass is 245 g/mol. The van der Waals surface area contributed by atoms with Crippen molar-refractivity contribution in [3.05, 3.63) is 0 Å². The molecule has 0 aliphatic carbocycles. The van der Waals surface area contributed by atoms with Gasteiger partial charge in [-0.3, -0.25) is 0 Å². The molecule has 0 saturated carbocycles. The van der Waals surface area contributed by atoms with Gasteiger partial charge in [0.2, 0.25) is 0 Å². The fourth-order valence-electron chi connectivity index (χ4n) is 1.00. The SMILES string of the molecule is Cl.NCCCCS(=O)(=O)CCCCO. The first-order chi connectivity index (χ1) is 6.12. The van der Waals surface area contributed by atoms with Crippen LogP contribution in [0.25, 0.3) is 0 Å². The third-order valence-electron chi connectivity index (χ3n) is 1.77. The van der Waals surface area contributed by atoms with Crippen LogP contribution in [-0.4, -0.2) is 38.2 Å². The van der Waals surface area contributed by atoms with Gasteiger partial charge in [-0.2, -0.15) is 0 Å². The summed E-state index contributed by atoms with van der Waals surface area (Å²) in [5.41, 5.74) is 5.25. The van der Waals surface area contributed by atoms with Crippen molar-refractivity contribution >= 4 is 22.2 Å². The van der Waals surface area contributed by atoms with Crippen molar-refractivity contribution in [1.29, 1.82) is 0 Å². The molecule has 0 rings (SSSR count). The number of halogens is 1. The maximum absolute atomic E-state index is 11.3. The van der Waals surface area contributed by atoms with Crippen molar-refractivity contribution < 1.29 is 13.5 Å². The van der Waals surface area contributed by atoms with Crippen molar-refractivity contribution in [3.8, 4) is 0 Å². The van der Waals surface area contributed by atoms with Gasteiger partial charge in [0.05, 0.1) is 11.5 Å². The number of rotatable bonds is 8. The molecule has 0 aliphatic rings. The standard InChI is InChI=1S/C8H19NO3S.ClH/c9-5-1-3-7-13(11,12)8-4-2-6-10;/h10H,1-9H2;1H. The molecule has 0 aromatic carbocycles. The average Bonchev–Trinajstić information content (AvgIpc) is 2.05. The molecule has 0 radical (unpaired) electrons. The fraction of sp³-hybridized carbons (Fsp3) is 1.00. The van der Waals surface area contributed by atoms with Crippen molar-refractivity contribution in [1.82, 2.24) is 0 Å². The number of nitrogens with two attached hydrogens (primary N) is 1. The Bertz CT molecular complexity index is 191. The molecule has 0 atom stereocenters. The molecule has 0 bridgehead atoms. The summed E-state index contributed by atoms with van der Waals surface area (Å²) in [6.45, 7) is 0.616. The molecule has 0 aromatic rings. The smallest absolute Gasteiger partial charge is 0.150 e. The maximum atomic E-state index is 11.3. The van der Waals surface area contributed by atoms with Crippen LogP contribution in [-0.2, 0) is 9.84 Å². The van der Waals surface area contributed by atoms with Crippen molar-refractivity contribution in [2.24, 2.45) is 5.73 Å². The molecule has 4 nitrogen and oxygen atoms in total. The van der Waals surface area contributed by atoms with E-state index in [0.29, 0.717) is 25.8 Å². The number of unbranched alkanes of at least 4 members (excludes halogenated alkanes) is 2. The lowest BCUT2D eigenvalue weighted by Crippen LogP contribution is -2.12. The lowest BCUT2D eigenvalue weighted by molar-refractivity contribution is 0.287. The zero-order valence-corrected chi connectivity index (χ0v) is 9.95. The summed E-state index contributed by atoms with van der Waals surface area (Å²) in [6, 6.07) is 0. The summed E-state index contributed by atoms with van der Waals surface area (Å²) in [5.74, 6) is 0.424. The van der Waals surface area contributed by atoms with Gasteiger partial charge in [0.15, 0.2) is 0 Å². The zero-order chi connectivity index (χ0) is 10.2. The molecule has 0 saturated heterocycles. The lowest BCUT2D eigenvalue weighted by Gasteiger charge is -2.02. The van der Waals surface area contributed by atoms with Crippen LogP contribution in [0, 0.1) is 0 Å². The maximum Gasteiger partial charge on any atom is 0.150 e. The van der Waals surface area contributed by atoms with E-state index in [1.807, 2.05) is 0 Å². The van der Waals surface area contributed by atoms with Crippen molar-refractivity contribution in [3.63, 3.8) is 0 Å². The largest absolute Gasteiger partial charge is 0.396 e. The highest BCUT2D eigenvalue weighted by atomic mass is 35.5. The van der Waals surface area contributed by atoms with Crippen LogP contribution >= 0.6 is 12.4 Å². The van der Waals surface area contributed by atoms with E-state index in [1.54, 1.807) is 0 Å². The van der Waals surface area contributed by atoms with Gasteiger partial charge in [-0.15, -0.1) is 12.4 Å². The second-order valence-electron chi connectivity index (χ2n) is 3.08. The molecule has 0 heterocycles. The third kappa shape index (κ3) is 10.2. The van der Waals surface area contributed by atoms with Crippen LogP contribution in [0.3, 0.4) is 0 Å². The summed E-state index contributed by atoms with van der Waals surface area (Å²) >= 11 is 0. The lowest BCUT2D eigenvalue weighted by atomic mass is 10.3. The Hall–Kier alpha value is 0.160. The van der Waals surface area contributed by atoms with Gasteiger partial charge in [-0.25, -0.2) is 8.42 Å². The summed E-state index contributed by atoms with van der Waals surface area (Å²) in [7, 11) is -2.89. The second-order valence-corrected chi connectivity index (χ2v) is 5.38. The predicted octanol–water partition coefficient (Wildman–Crippen LogP) is 0.334. The van der Waals surface area contributed by atoms with Crippen LogP contribution in [0.2, 0.25) is 0 Å². The first kappa shape index (κ1) is 16.6. The summed E-state index contributed by atoms with van der Waals surface area (Å²) in [4.78, 5) is 0. The van der Waals surface area contributed by atoms with E-state index in [-0.39, 0.29) is 30.5 Å². The predicted molar refractivity (Wildman–Crippen MR) is 60.5 cm³/mol. The molecule has 0 fully saturated rings. The number of aliphatic hydroxyl groups is 1. The van der Waals surface area contributed by atoms with E-state index in [9.17, 15) is 8.42 Å². The Morgan fingerprint density at radius 2 is 1.50 bits per heavy atom. The van der Waals surface area contributed by atoms with Gasteiger partial charge in [0, 0.05) is 6.61 Å².